The highest BCUT2D eigenvalue weighted by atomic mass is 16.5. The van der Waals surface area contributed by atoms with Crippen molar-refractivity contribution in [1.82, 2.24) is 15.1 Å². The Kier molecular flexibility index (Phi) is 7.56. The summed E-state index contributed by atoms with van der Waals surface area (Å²) in [6.07, 6.45) is 6.73. The van der Waals surface area contributed by atoms with Gasteiger partial charge in [-0.1, -0.05) is 67.1 Å². The van der Waals surface area contributed by atoms with Gasteiger partial charge in [0, 0.05) is 44.6 Å². The smallest absolute Gasteiger partial charge is 0.233 e. The molecule has 5 rings (SSSR count). The number of nitrogens with zero attached hydrogens (tertiary/aromatic N) is 4. The molecule has 0 bridgehead atoms. The van der Waals surface area contributed by atoms with E-state index in [1.807, 2.05) is 53.4 Å². The van der Waals surface area contributed by atoms with Crippen LogP contribution in [0.15, 0.2) is 72.8 Å². The summed E-state index contributed by atoms with van der Waals surface area (Å²) in [6, 6.07) is 24.6. The third-order valence-electron chi connectivity index (χ3n) is 7.20. The van der Waals surface area contributed by atoms with E-state index in [1.165, 1.54) is 30.4 Å². The van der Waals surface area contributed by atoms with Crippen LogP contribution in [-0.4, -0.2) is 53.3 Å². The first kappa shape index (κ1) is 23.3. The predicted octanol–water partition coefficient (Wildman–Crippen LogP) is 5.06. The van der Waals surface area contributed by atoms with Crippen LogP contribution in [0.1, 0.15) is 55.6 Å². The zero-order valence-electron chi connectivity index (χ0n) is 20.3. The minimum Gasteiger partial charge on any atom is -0.473 e. The quantitative estimate of drug-likeness (QED) is 0.483. The van der Waals surface area contributed by atoms with Crippen LogP contribution in [0.2, 0.25) is 0 Å². The van der Waals surface area contributed by atoms with Crippen molar-refractivity contribution in [1.29, 1.82) is 0 Å². The zero-order chi connectivity index (χ0) is 23.9. The van der Waals surface area contributed by atoms with Crippen molar-refractivity contribution in [3.05, 3.63) is 83.9 Å². The topological polar surface area (TPSA) is 58.6 Å². The van der Waals surface area contributed by atoms with Gasteiger partial charge in [-0.25, -0.2) is 0 Å². The number of hydrogen-bond acceptors (Lipinski definition) is 5. The highest BCUT2D eigenvalue weighted by Crippen LogP contribution is 2.29. The fourth-order valence-corrected chi connectivity index (χ4v) is 5.19. The van der Waals surface area contributed by atoms with Crippen molar-refractivity contribution in [2.75, 3.05) is 31.1 Å². The van der Waals surface area contributed by atoms with Crippen molar-refractivity contribution < 1.29 is 9.53 Å². The molecule has 1 saturated carbocycles. The Morgan fingerprint density at radius 1 is 0.800 bits per heavy atom. The van der Waals surface area contributed by atoms with Gasteiger partial charge in [0.2, 0.25) is 11.8 Å². The molecule has 0 radical (unpaired) electrons. The van der Waals surface area contributed by atoms with Crippen LogP contribution in [0.5, 0.6) is 5.88 Å². The van der Waals surface area contributed by atoms with E-state index in [2.05, 4.69) is 39.4 Å². The number of carbonyl (C=O) groups is 1. The SMILES string of the molecule is O=C(CC(c1ccccc1)c1ccccc1)N1CCN(c2ccc(OC3CCCCC3)nn2)CC1. The standard InChI is InChI=1S/C29H34N4O2/c34-29(22-26(23-10-4-1-5-11-23)24-12-6-2-7-13-24)33-20-18-32(19-21-33)27-16-17-28(31-30-27)35-25-14-8-3-9-15-25/h1-2,4-7,10-13,16-17,25-26H,3,8-9,14-15,18-22H2. The van der Waals surface area contributed by atoms with Gasteiger partial charge in [-0.15, -0.1) is 10.2 Å². The monoisotopic (exact) mass is 470 g/mol. The predicted molar refractivity (Wildman–Crippen MR) is 138 cm³/mol. The highest BCUT2D eigenvalue weighted by molar-refractivity contribution is 5.78. The lowest BCUT2D eigenvalue weighted by Gasteiger charge is -2.36. The molecule has 2 fully saturated rings. The molecule has 1 aliphatic carbocycles. The van der Waals surface area contributed by atoms with E-state index in [0.717, 1.165) is 31.7 Å². The van der Waals surface area contributed by atoms with Crippen molar-refractivity contribution in [3.63, 3.8) is 0 Å². The first-order valence-electron chi connectivity index (χ1n) is 12.9. The van der Waals surface area contributed by atoms with Crippen LogP contribution >= 0.6 is 0 Å². The van der Waals surface area contributed by atoms with Gasteiger partial charge in [-0.2, -0.15) is 0 Å². The number of rotatable bonds is 7. The number of hydrogen-bond donors (Lipinski definition) is 0. The van der Waals surface area contributed by atoms with E-state index >= 15 is 0 Å². The Bertz CT molecular complexity index is 1020. The van der Waals surface area contributed by atoms with Crippen molar-refractivity contribution >= 4 is 11.7 Å². The summed E-state index contributed by atoms with van der Waals surface area (Å²) in [6.45, 7) is 2.89. The van der Waals surface area contributed by atoms with Crippen LogP contribution < -0.4 is 9.64 Å². The number of carbonyl (C=O) groups excluding carboxylic acids is 1. The fraction of sp³-hybridized carbons (Fsp3) is 0.414. The summed E-state index contributed by atoms with van der Waals surface area (Å²) in [5.74, 6) is 1.72. The fourth-order valence-electron chi connectivity index (χ4n) is 5.19. The first-order valence-corrected chi connectivity index (χ1v) is 12.9. The van der Waals surface area contributed by atoms with E-state index in [4.69, 9.17) is 4.74 Å². The molecule has 35 heavy (non-hydrogen) atoms. The summed E-state index contributed by atoms with van der Waals surface area (Å²) >= 11 is 0. The van der Waals surface area contributed by atoms with E-state index in [0.29, 0.717) is 25.4 Å². The Balaban J connectivity index is 1.17. The van der Waals surface area contributed by atoms with Crippen molar-refractivity contribution in [3.8, 4) is 5.88 Å². The molecule has 1 aromatic heterocycles. The molecular formula is C29H34N4O2. The van der Waals surface area contributed by atoms with Crippen molar-refractivity contribution in [2.45, 2.75) is 50.5 Å². The summed E-state index contributed by atoms with van der Waals surface area (Å²) in [5.41, 5.74) is 2.35. The van der Waals surface area contributed by atoms with Gasteiger partial charge in [0.05, 0.1) is 0 Å². The maximum atomic E-state index is 13.3. The van der Waals surface area contributed by atoms with Crippen LogP contribution in [0, 0.1) is 0 Å². The lowest BCUT2D eigenvalue weighted by molar-refractivity contribution is -0.131. The molecule has 6 heteroatoms. The lowest BCUT2D eigenvalue weighted by atomic mass is 9.88. The summed E-state index contributed by atoms with van der Waals surface area (Å²) < 4.78 is 6.01. The average molecular weight is 471 g/mol. The molecule has 2 aromatic carbocycles. The molecule has 0 spiro atoms. The molecule has 0 atom stereocenters. The highest BCUT2D eigenvalue weighted by Gasteiger charge is 2.26. The van der Waals surface area contributed by atoms with Crippen LogP contribution in [0.4, 0.5) is 5.82 Å². The molecule has 0 unspecified atom stereocenters. The lowest BCUT2D eigenvalue weighted by Crippen LogP contribution is -2.49. The second kappa shape index (κ2) is 11.3. The Hall–Kier alpha value is -3.41. The number of anilines is 1. The van der Waals surface area contributed by atoms with E-state index in [9.17, 15) is 4.79 Å². The Morgan fingerprint density at radius 3 is 2.00 bits per heavy atom. The molecule has 1 amide bonds. The van der Waals surface area contributed by atoms with Gasteiger partial charge >= 0.3 is 0 Å². The van der Waals surface area contributed by atoms with Gasteiger partial charge in [-0.05, 0) is 42.9 Å². The third kappa shape index (κ3) is 5.99. The minimum absolute atomic E-state index is 0.0607. The minimum atomic E-state index is 0.0607. The molecule has 1 saturated heterocycles. The number of aromatic nitrogens is 2. The van der Waals surface area contributed by atoms with Gasteiger partial charge in [-0.3, -0.25) is 4.79 Å². The normalized spacial score (nSPS) is 16.9. The van der Waals surface area contributed by atoms with Crippen molar-refractivity contribution in [2.24, 2.45) is 0 Å². The second-order valence-electron chi connectivity index (χ2n) is 9.55. The zero-order valence-corrected chi connectivity index (χ0v) is 20.3. The first-order chi connectivity index (χ1) is 17.3. The maximum Gasteiger partial charge on any atom is 0.233 e. The van der Waals surface area contributed by atoms with E-state index in [-0.39, 0.29) is 17.9 Å². The third-order valence-corrected chi connectivity index (χ3v) is 7.20. The summed E-state index contributed by atoms with van der Waals surface area (Å²) in [4.78, 5) is 17.5. The number of piperazine rings is 1. The van der Waals surface area contributed by atoms with E-state index < -0.39 is 0 Å². The summed E-state index contributed by atoms with van der Waals surface area (Å²) in [5, 5.41) is 8.73. The summed E-state index contributed by atoms with van der Waals surface area (Å²) in [7, 11) is 0. The molecule has 2 aliphatic rings. The van der Waals surface area contributed by atoms with Gasteiger partial charge < -0.3 is 14.5 Å². The largest absolute Gasteiger partial charge is 0.473 e. The van der Waals surface area contributed by atoms with Crippen LogP contribution in [0.3, 0.4) is 0 Å². The molecule has 0 N–H and O–H groups in total. The second-order valence-corrected chi connectivity index (χ2v) is 9.55. The molecule has 6 nitrogen and oxygen atoms in total. The van der Waals surface area contributed by atoms with Crippen LogP contribution in [0.25, 0.3) is 0 Å². The average Bonchev–Trinajstić information content (AvgIpc) is 2.94. The van der Waals surface area contributed by atoms with Gasteiger partial charge in [0.15, 0.2) is 5.82 Å². The van der Waals surface area contributed by atoms with Crippen LogP contribution in [-0.2, 0) is 4.79 Å². The maximum absolute atomic E-state index is 13.3. The Morgan fingerprint density at radius 2 is 1.43 bits per heavy atom. The number of benzene rings is 2. The number of amides is 1. The molecule has 3 aromatic rings. The molecule has 1 aliphatic heterocycles. The van der Waals surface area contributed by atoms with Gasteiger partial charge in [0.1, 0.15) is 6.10 Å². The molecular weight excluding hydrogens is 436 g/mol. The molecule has 2 heterocycles. The van der Waals surface area contributed by atoms with E-state index in [1.54, 1.807) is 0 Å². The number of ether oxygens (including phenoxy) is 1. The van der Waals surface area contributed by atoms with Gasteiger partial charge in [0.25, 0.3) is 0 Å². The Labute approximate surface area is 207 Å². The molecule has 182 valence electrons.